The molecule has 8 heteroatoms. The van der Waals surface area contributed by atoms with E-state index in [4.69, 9.17) is 4.52 Å². The van der Waals surface area contributed by atoms with Crippen LogP contribution >= 0.6 is 22.7 Å². The van der Waals surface area contributed by atoms with Crippen molar-refractivity contribution >= 4 is 28.6 Å². The van der Waals surface area contributed by atoms with Crippen LogP contribution in [0.5, 0.6) is 0 Å². The fourth-order valence-electron chi connectivity index (χ4n) is 3.23. The fourth-order valence-corrected chi connectivity index (χ4v) is 4.74. The first-order valence-electron chi connectivity index (χ1n) is 8.28. The van der Waals surface area contributed by atoms with E-state index in [9.17, 15) is 4.79 Å². The summed E-state index contributed by atoms with van der Waals surface area (Å²) in [5.41, 5.74) is 0.936. The molecule has 0 radical (unpaired) electrons. The quantitative estimate of drug-likeness (QED) is 0.742. The smallest absolute Gasteiger partial charge is 0.271 e. The molecule has 0 aromatic carbocycles. The Labute approximate surface area is 153 Å². The normalized spacial score (nSPS) is 16.7. The second-order valence-corrected chi connectivity index (χ2v) is 7.92. The number of hydrogen-bond acceptors (Lipinski definition) is 7. The molecule has 0 bridgehead atoms. The van der Waals surface area contributed by atoms with Crippen molar-refractivity contribution in [3.63, 3.8) is 0 Å². The van der Waals surface area contributed by atoms with Crippen LogP contribution in [-0.2, 0) is 5.54 Å². The van der Waals surface area contributed by atoms with Crippen molar-refractivity contribution in [2.24, 2.45) is 0 Å². The molecule has 0 saturated heterocycles. The van der Waals surface area contributed by atoms with Gasteiger partial charge in [0.25, 0.3) is 5.91 Å². The van der Waals surface area contributed by atoms with Gasteiger partial charge in [0.2, 0.25) is 5.89 Å². The summed E-state index contributed by atoms with van der Waals surface area (Å²) >= 11 is 3.10. The summed E-state index contributed by atoms with van der Waals surface area (Å²) < 4.78 is 5.16. The van der Waals surface area contributed by atoms with E-state index in [1.54, 1.807) is 23.6 Å². The number of carbonyl (C=O) groups excluding carboxylic acids is 1. The molecule has 1 aliphatic carbocycles. The van der Waals surface area contributed by atoms with Crippen LogP contribution in [0.4, 0.5) is 0 Å². The van der Waals surface area contributed by atoms with Gasteiger partial charge in [-0.2, -0.15) is 16.3 Å². The molecule has 0 atom stereocenters. The molecule has 3 aromatic rings. The van der Waals surface area contributed by atoms with Crippen molar-refractivity contribution in [3.05, 3.63) is 39.6 Å². The highest BCUT2D eigenvalue weighted by molar-refractivity contribution is 7.14. The lowest BCUT2D eigenvalue weighted by Gasteiger charge is -2.35. The third-order valence-electron chi connectivity index (χ3n) is 4.52. The van der Waals surface area contributed by atoms with E-state index in [1.165, 1.54) is 11.3 Å². The average molecular weight is 374 g/mol. The Morgan fingerprint density at radius 2 is 2.08 bits per heavy atom. The standard InChI is InChI=1S/C17H18N4O2S2/c1-11-18-16(21-23-11)17(6-3-2-4-7-17)20-14(22)13-10-25-15(19-13)12-5-8-24-9-12/h5,8-10H,2-4,6-7H2,1H3,(H,20,22). The zero-order chi connectivity index (χ0) is 17.3. The number of thiophene rings is 1. The maximum atomic E-state index is 12.8. The first-order chi connectivity index (χ1) is 12.2. The molecule has 4 rings (SSSR count). The van der Waals surface area contributed by atoms with Gasteiger partial charge >= 0.3 is 0 Å². The zero-order valence-electron chi connectivity index (χ0n) is 13.8. The first-order valence-corrected chi connectivity index (χ1v) is 10.1. The number of aryl methyl sites for hydroxylation is 1. The van der Waals surface area contributed by atoms with Crippen LogP contribution < -0.4 is 5.32 Å². The van der Waals surface area contributed by atoms with Crippen molar-refractivity contribution in [2.75, 3.05) is 0 Å². The van der Waals surface area contributed by atoms with Crippen molar-refractivity contribution in [2.45, 2.75) is 44.6 Å². The molecule has 0 unspecified atom stereocenters. The summed E-state index contributed by atoms with van der Waals surface area (Å²) in [5.74, 6) is 0.913. The molecule has 0 spiro atoms. The molecule has 6 nitrogen and oxygen atoms in total. The highest BCUT2D eigenvalue weighted by Gasteiger charge is 2.40. The maximum Gasteiger partial charge on any atom is 0.271 e. The van der Waals surface area contributed by atoms with E-state index in [2.05, 4.69) is 20.4 Å². The highest BCUT2D eigenvalue weighted by atomic mass is 32.1. The Kier molecular flexibility index (Phi) is 4.39. The summed E-state index contributed by atoms with van der Waals surface area (Å²) in [6, 6.07) is 2.01. The van der Waals surface area contributed by atoms with Gasteiger partial charge in [-0.3, -0.25) is 4.79 Å². The Morgan fingerprint density at radius 3 is 2.76 bits per heavy atom. The van der Waals surface area contributed by atoms with E-state index in [1.807, 2.05) is 16.8 Å². The Morgan fingerprint density at radius 1 is 1.24 bits per heavy atom. The molecule has 25 heavy (non-hydrogen) atoms. The summed E-state index contributed by atoms with van der Waals surface area (Å²) in [4.78, 5) is 21.7. The van der Waals surface area contributed by atoms with Crippen molar-refractivity contribution < 1.29 is 9.32 Å². The number of nitrogens with one attached hydrogen (secondary N) is 1. The summed E-state index contributed by atoms with van der Waals surface area (Å²) in [6.07, 6.45) is 4.86. The van der Waals surface area contributed by atoms with Gasteiger partial charge < -0.3 is 9.84 Å². The van der Waals surface area contributed by atoms with Crippen molar-refractivity contribution in [3.8, 4) is 10.6 Å². The minimum atomic E-state index is -0.556. The molecule has 1 amide bonds. The Bertz CT molecular complexity index is 863. The number of thiazole rings is 1. The van der Waals surface area contributed by atoms with Gasteiger partial charge in [0, 0.05) is 23.2 Å². The molecule has 3 heterocycles. The number of rotatable bonds is 4. The van der Waals surface area contributed by atoms with Crippen LogP contribution in [0.1, 0.15) is 54.3 Å². The summed E-state index contributed by atoms with van der Waals surface area (Å²) in [6.45, 7) is 1.77. The van der Waals surface area contributed by atoms with Crippen molar-refractivity contribution in [1.29, 1.82) is 0 Å². The molecule has 1 aliphatic rings. The molecule has 130 valence electrons. The third kappa shape index (κ3) is 3.23. The minimum absolute atomic E-state index is 0.179. The van der Waals surface area contributed by atoms with Gasteiger partial charge in [0.1, 0.15) is 16.2 Å². The number of amides is 1. The van der Waals surface area contributed by atoms with Gasteiger partial charge in [-0.15, -0.1) is 11.3 Å². The van der Waals surface area contributed by atoms with Gasteiger partial charge in [-0.25, -0.2) is 4.98 Å². The van der Waals surface area contributed by atoms with Crippen LogP contribution in [0, 0.1) is 6.92 Å². The molecule has 1 fully saturated rings. The summed E-state index contributed by atoms with van der Waals surface area (Å²) in [7, 11) is 0. The fraction of sp³-hybridized carbons (Fsp3) is 0.412. The largest absolute Gasteiger partial charge is 0.340 e. The third-order valence-corrected chi connectivity index (χ3v) is 6.10. The van der Waals surface area contributed by atoms with E-state index < -0.39 is 5.54 Å². The molecule has 1 saturated carbocycles. The molecule has 0 aliphatic heterocycles. The number of nitrogens with zero attached hydrogens (tertiary/aromatic N) is 3. The lowest BCUT2D eigenvalue weighted by Crippen LogP contribution is -2.48. The van der Waals surface area contributed by atoms with Gasteiger partial charge in [0.05, 0.1) is 0 Å². The van der Waals surface area contributed by atoms with E-state index in [0.717, 1.165) is 42.7 Å². The first kappa shape index (κ1) is 16.4. The molecular formula is C17H18N4O2S2. The predicted molar refractivity (Wildman–Crippen MR) is 96.7 cm³/mol. The SMILES string of the molecule is Cc1nc(C2(NC(=O)c3csc(-c4ccsc4)n3)CCCCC2)no1. The van der Waals surface area contributed by atoms with E-state index >= 15 is 0 Å². The summed E-state index contributed by atoms with van der Waals surface area (Å²) in [5, 5.41) is 14.0. The van der Waals surface area contributed by atoms with Gasteiger partial charge in [-0.05, 0) is 24.3 Å². The van der Waals surface area contributed by atoms with E-state index in [0.29, 0.717) is 17.4 Å². The number of hydrogen-bond donors (Lipinski definition) is 1. The lowest BCUT2D eigenvalue weighted by atomic mass is 9.81. The Balaban J connectivity index is 1.59. The highest BCUT2D eigenvalue weighted by Crippen LogP contribution is 2.36. The monoisotopic (exact) mass is 374 g/mol. The van der Waals surface area contributed by atoms with Crippen LogP contribution in [0.25, 0.3) is 10.6 Å². The maximum absolute atomic E-state index is 12.8. The van der Waals surface area contributed by atoms with Gasteiger partial charge in [0.15, 0.2) is 5.82 Å². The van der Waals surface area contributed by atoms with Crippen LogP contribution in [0.15, 0.2) is 26.7 Å². The second kappa shape index (κ2) is 6.68. The predicted octanol–water partition coefficient (Wildman–Crippen LogP) is 4.15. The van der Waals surface area contributed by atoms with Crippen LogP contribution in [-0.4, -0.2) is 21.0 Å². The minimum Gasteiger partial charge on any atom is -0.340 e. The Hall–Kier alpha value is -2.06. The zero-order valence-corrected chi connectivity index (χ0v) is 15.5. The van der Waals surface area contributed by atoms with Crippen LogP contribution in [0.3, 0.4) is 0 Å². The number of carbonyl (C=O) groups is 1. The second-order valence-electron chi connectivity index (χ2n) is 6.28. The average Bonchev–Trinajstić information content (AvgIpc) is 3.36. The number of aromatic nitrogens is 3. The van der Waals surface area contributed by atoms with Crippen LogP contribution in [0.2, 0.25) is 0 Å². The van der Waals surface area contributed by atoms with E-state index in [-0.39, 0.29) is 5.91 Å². The molecule has 1 N–H and O–H groups in total. The van der Waals surface area contributed by atoms with Gasteiger partial charge in [-0.1, -0.05) is 24.4 Å². The van der Waals surface area contributed by atoms with Crippen molar-refractivity contribution in [1.82, 2.24) is 20.4 Å². The molecular weight excluding hydrogens is 356 g/mol. The lowest BCUT2D eigenvalue weighted by molar-refractivity contribution is 0.0851. The topological polar surface area (TPSA) is 80.9 Å². The molecule has 3 aromatic heterocycles.